The minimum absolute atomic E-state index is 0.0703. The molecule has 0 bridgehead atoms. The molecule has 0 aromatic heterocycles. The van der Waals surface area contributed by atoms with E-state index in [1.807, 2.05) is 0 Å². The zero-order valence-corrected chi connectivity index (χ0v) is 12.7. The minimum atomic E-state index is -0.0703. The summed E-state index contributed by atoms with van der Waals surface area (Å²) in [6.45, 7) is 3.49. The second kappa shape index (κ2) is 3.90. The first-order valence-electron chi connectivity index (χ1n) is 8.55. The Labute approximate surface area is 125 Å². The molecule has 0 unspecified atom stereocenters. The highest BCUT2D eigenvalue weighted by atomic mass is 19.1. The summed E-state index contributed by atoms with van der Waals surface area (Å²) in [6.07, 6.45) is 7.48. The lowest BCUT2D eigenvalue weighted by atomic mass is 9.54. The molecule has 4 aliphatic rings. The van der Waals surface area contributed by atoms with Gasteiger partial charge >= 0.3 is 0 Å². The Bertz CT molecular complexity index is 606. The molecule has 0 radical (unpaired) electrons. The maximum absolute atomic E-state index is 13.5. The number of benzene rings is 1. The summed E-state index contributed by atoms with van der Waals surface area (Å²) in [7, 11) is 0. The predicted octanol–water partition coefficient (Wildman–Crippen LogP) is 4.45. The normalized spacial score (nSPS) is 46.9. The van der Waals surface area contributed by atoms with E-state index in [-0.39, 0.29) is 11.4 Å². The molecule has 3 fully saturated rings. The first kappa shape index (κ1) is 12.6. The maximum atomic E-state index is 13.5. The van der Waals surface area contributed by atoms with Gasteiger partial charge in [-0.25, -0.2) is 4.39 Å². The number of ether oxygens (including phenoxy) is 1. The fourth-order valence-corrected chi connectivity index (χ4v) is 6.20. The molecule has 112 valence electrons. The van der Waals surface area contributed by atoms with Crippen LogP contribution in [0, 0.1) is 23.1 Å². The molecule has 5 atom stereocenters. The van der Waals surface area contributed by atoms with Crippen molar-refractivity contribution in [3.63, 3.8) is 0 Å². The number of fused-ring (bicyclic) bond motifs is 6. The second-order valence-electron chi connectivity index (χ2n) is 8.04. The van der Waals surface area contributed by atoms with Crippen LogP contribution in [0.3, 0.4) is 0 Å². The topological polar surface area (TPSA) is 12.5 Å². The highest BCUT2D eigenvalue weighted by Crippen LogP contribution is 2.68. The van der Waals surface area contributed by atoms with Gasteiger partial charge in [0.25, 0.3) is 0 Å². The fourth-order valence-electron chi connectivity index (χ4n) is 6.20. The van der Waals surface area contributed by atoms with Crippen LogP contribution < -0.4 is 0 Å². The lowest BCUT2D eigenvalue weighted by Gasteiger charge is -2.50. The highest BCUT2D eigenvalue weighted by Gasteiger charge is 2.68. The highest BCUT2D eigenvalue weighted by molar-refractivity contribution is 5.36. The van der Waals surface area contributed by atoms with Crippen LogP contribution in [0.1, 0.15) is 56.1 Å². The number of hydrogen-bond acceptors (Lipinski definition) is 1. The second-order valence-corrected chi connectivity index (χ2v) is 8.04. The lowest BCUT2D eigenvalue weighted by Crippen LogP contribution is -2.45. The van der Waals surface area contributed by atoms with Crippen LogP contribution in [0.2, 0.25) is 0 Å². The van der Waals surface area contributed by atoms with Gasteiger partial charge in [-0.1, -0.05) is 13.0 Å². The van der Waals surface area contributed by atoms with Crippen molar-refractivity contribution in [3.05, 3.63) is 35.1 Å². The van der Waals surface area contributed by atoms with Gasteiger partial charge in [-0.05, 0) is 79.5 Å². The monoisotopic (exact) mass is 286 g/mol. The van der Waals surface area contributed by atoms with E-state index in [1.54, 1.807) is 12.1 Å². The molecule has 1 aromatic carbocycles. The van der Waals surface area contributed by atoms with Gasteiger partial charge in [-0.2, -0.15) is 0 Å². The molecule has 21 heavy (non-hydrogen) atoms. The van der Waals surface area contributed by atoms with Crippen LogP contribution in [0.5, 0.6) is 0 Å². The number of halogens is 1. The zero-order valence-electron chi connectivity index (χ0n) is 12.7. The predicted molar refractivity (Wildman–Crippen MR) is 79.7 cm³/mol. The number of epoxide rings is 1. The molecular formula is C19H23FO. The van der Waals surface area contributed by atoms with Crippen LogP contribution in [-0.4, -0.2) is 12.2 Å². The smallest absolute Gasteiger partial charge is 0.123 e. The average Bonchev–Trinajstić information content (AvgIpc) is 3.20. The largest absolute Gasteiger partial charge is 0.369 e. The summed E-state index contributed by atoms with van der Waals surface area (Å²) in [5.41, 5.74) is 3.37. The van der Waals surface area contributed by atoms with E-state index in [9.17, 15) is 4.39 Å². The molecule has 1 spiro atoms. The summed E-state index contributed by atoms with van der Waals surface area (Å²) in [6, 6.07) is 5.51. The first-order valence-corrected chi connectivity index (χ1v) is 8.55. The van der Waals surface area contributed by atoms with Gasteiger partial charge in [-0.3, -0.25) is 0 Å². The van der Waals surface area contributed by atoms with E-state index in [0.717, 1.165) is 24.9 Å². The molecule has 0 N–H and O–H groups in total. The standard InChI is InChI=1S/C19H23FO/c1-18-8-6-15-14-5-3-13(20)10-12(14)2-4-16(15)17(18)7-9-19(18)11-21-19/h3,5,10,15-17H,2,4,6-9,11H2,1H3/t15-,16-,17+,18+,19+/m1/s1. The molecule has 0 amide bonds. The summed E-state index contributed by atoms with van der Waals surface area (Å²) in [4.78, 5) is 0. The van der Waals surface area contributed by atoms with Crippen molar-refractivity contribution in [2.24, 2.45) is 17.3 Å². The number of hydrogen-bond donors (Lipinski definition) is 0. The Kier molecular flexibility index (Phi) is 2.34. The Hall–Kier alpha value is -0.890. The van der Waals surface area contributed by atoms with E-state index in [0.29, 0.717) is 11.3 Å². The van der Waals surface area contributed by atoms with Gasteiger partial charge in [0.15, 0.2) is 0 Å². The van der Waals surface area contributed by atoms with E-state index in [4.69, 9.17) is 4.74 Å². The quantitative estimate of drug-likeness (QED) is 0.642. The average molecular weight is 286 g/mol. The third-order valence-corrected chi connectivity index (χ3v) is 7.47. The Morgan fingerprint density at radius 3 is 2.86 bits per heavy atom. The molecule has 3 aliphatic carbocycles. The van der Waals surface area contributed by atoms with Crippen LogP contribution in [0.25, 0.3) is 0 Å². The zero-order chi connectivity index (χ0) is 14.2. The van der Waals surface area contributed by atoms with Crippen molar-refractivity contribution in [2.45, 2.75) is 57.0 Å². The van der Waals surface area contributed by atoms with Crippen molar-refractivity contribution in [3.8, 4) is 0 Å². The van der Waals surface area contributed by atoms with E-state index in [1.165, 1.54) is 43.2 Å². The van der Waals surface area contributed by atoms with Gasteiger partial charge in [-0.15, -0.1) is 0 Å². The Morgan fingerprint density at radius 2 is 2.05 bits per heavy atom. The summed E-state index contributed by atoms with van der Waals surface area (Å²) in [5.74, 6) is 2.21. The molecule has 1 nitrogen and oxygen atoms in total. The van der Waals surface area contributed by atoms with Gasteiger partial charge in [0, 0.05) is 5.41 Å². The molecule has 1 aliphatic heterocycles. The van der Waals surface area contributed by atoms with E-state index in [2.05, 4.69) is 13.0 Å². The van der Waals surface area contributed by atoms with Crippen molar-refractivity contribution < 1.29 is 9.13 Å². The lowest BCUT2D eigenvalue weighted by molar-refractivity contribution is 0.0121. The van der Waals surface area contributed by atoms with Gasteiger partial charge in [0.2, 0.25) is 0 Å². The number of rotatable bonds is 0. The molecule has 1 aromatic rings. The van der Waals surface area contributed by atoms with Crippen molar-refractivity contribution >= 4 is 0 Å². The molecule has 2 heteroatoms. The first-order chi connectivity index (χ1) is 10.1. The Balaban J connectivity index is 1.54. The van der Waals surface area contributed by atoms with E-state index < -0.39 is 0 Å². The van der Waals surface area contributed by atoms with E-state index >= 15 is 0 Å². The SMILES string of the molecule is C[C@]12CC[C@@H]3c4ccc(F)cc4CC[C@H]3[C@@H]1CC[C@]21CO1. The van der Waals surface area contributed by atoms with Crippen LogP contribution >= 0.6 is 0 Å². The summed E-state index contributed by atoms with van der Waals surface area (Å²) < 4.78 is 19.4. The third kappa shape index (κ3) is 1.50. The fraction of sp³-hybridized carbons (Fsp3) is 0.684. The molecular weight excluding hydrogens is 263 g/mol. The molecule has 5 rings (SSSR count). The van der Waals surface area contributed by atoms with Gasteiger partial charge < -0.3 is 4.74 Å². The minimum Gasteiger partial charge on any atom is -0.369 e. The Morgan fingerprint density at radius 1 is 1.19 bits per heavy atom. The molecule has 1 heterocycles. The number of aryl methyl sites for hydroxylation is 1. The van der Waals surface area contributed by atoms with Crippen molar-refractivity contribution in [2.75, 3.05) is 6.61 Å². The molecule has 1 saturated heterocycles. The van der Waals surface area contributed by atoms with Gasteiger partial charge in [0.1, 0.15) is 5.82 Å². The maximum Gasteiger partial charge on any atom is 0.123 e. The molecule has 2 saturated carbocycles. The van der Waals surface area contributed by atoms with Crippen molar-refractivity contribution in [1.82, 2.24) is 0 Å². The van der Waals surface area contributed by atoms with Crippen LogP contribution in [0.15, 0.2) is 18.2 Å². The third-order valence-electron chi connectivity index (χ3n) is 7.47. The summed E-state index contributed by atoms with van der Waals surface area (Å²) >= 11 is 0. The summed E-state index contributed by atoms with van der Waals surface area (Å²) in [5, 5.41) is 0. The van der Waals surface area contributed by atoms with Gasteiger partial charge in [0.05, 0.1) is 12.2 Å². The van der Waals surface area contributed by atoms with Crippen molar-refractivity contribution in [1.29, 1.82) is 0 Å². The van der Waals surface area contributed by atoms with Crippen LogP contribution in [0.4, 0.5) is 4.39 Å². The van der Waals surface area contributed by atoms with Crippen LogP contribution in [-0.2, 0) is 11.2 Å².